The second kappa shape index (κ2) is 8.85. The number of hydrogen-bond acceptors (Lipinski definition) is 5. The van der Waals surface area contributed by atoms with Gasteiger partial charge in [-0.25, -0.2) is 13.6 Å². The van der Waals surface area contributed by atoms with Crippen molar-refractivity contribution in [2.45, 2.75) is 17.7 Å². The third-order valence-corrected chi connectivity index (χ3v) is 5.23. The van der Waals surface area contributed by atoms with Crippen LogP contribution in [-0.4, -0.2) is 26.9 Å². The molecule has 29 heavy (non-hydrogen) atoms. The number of esters is 1. The molecule has 0 aliphatic rings. The van der Waals surface area contributed by atoms with Crippen molar-refractivity contribution in [3.63, 3.8) is 0 Å². The van der Waals surface area contributed by atoms with Crippen LogP contribution in [0, 0.1) is 0 Å². The van der Waals surface area contributed by atoms with Crippen molar-refractivity contribution in [3.05, 3.63) is 72.3 Å². The van der Waals surface area contributed by atoms with Crippen LogP contribution in [0.15, 0.2) is 71.6 Å². The lowest BCUT2D eigenvalue weighted by atomic mass is 10.1. The standard InChI is InChI=1S/C21H20N2O5S/c22-29(26,27)17-11-8-15(9-12-17)10-13-21(25)28-14-20(24)23-19-7-3-5-16-4-1-2-6-18(16)19/h1-9,11-12H,10,13-14H2,(H,23,24)(H2,22,26,27). The van der Waals surface area contributed by atoms with E-state index in [9.17, 15) is 18.0 Å². The lowest BCUT2D eigenvalue weighted by Crippen LogP contribution is -2.21. The van der Waals surface area contributed by atoms with Crippen LogP contribution >= 0.6 is 0 Å². The zero-order valence-corrected chi connectivity index (χ0v) is 16.3. The fraction of sp³-hybridized carbons (Fsp3) is 0.143. The van der Waals surface area contributed by atoms with Crippen LogP contribution in [0.3, 0.4) is 0 Å². The maximum Gasteiger partial charge on any atom is 0.306 e. The average Bonchev–Trinajstić information content (AvgIpc) is 2.71. The number of fused-ring (bicyclic) bond motifs is 1. The normalized spacial score (nSPS) is 11.2. The highest BCUT2D eigenvalue weighted by Crippen LogP contribution is 2.22. The highest BCUT2D eigenvalue weighted by Gasteiger charge is 2.11. The molecule has 3 rings (SSSR count). The Bertz CT molecular complexity index is 1140. The van der Waals surface area contributed by atoms with E-state index in [1.807, 2.05) is 36.4 Å². The summed E-state index contributed by atoms with van der Waals surface area (Å²) in [6.45, 7) is -0.383. The number of nitrogens with two attached hydrogens (primary N) is 1. The van der Waals surface area contributed by atoms with Crippen molar-refractivity contribution in [1.82, 2.24) is 0 Å². The van der Waals surface area contributed by atoms with Crippen LogP contribution in [-0.2, 0) is 30.8 Å². The van der Waals surface area contributed by atoms with Crippen LogP contribution in [0.25, 0.3) is 10.8 Å². The van der Waals surface area contributed by atoms with Crippen molar-refractivity contribution < 1.29 is 22.7 Å². The number of sulfonamides is 1. The molecule has 0 radical (unpaired) electrons. The summed E-state index contributed by atoms with van der Waals surface area (Å²) in [4.78, 5) is 24.0. The summed E-state index contributed by atoms with van der Waals surface area (Å²) in [6.07, 6.45) is 0.422. The van der Waals surface area contributed by atoms with Gasteiger partial charge >= 0.3 is 5.97 Å². The Balaban J connectivity index is 1.48. The number of anilines is 1. The van der Waals surface area contributed by atoms with Crippen molar-refractivity contribution in [2.75, 3.05) is 11.9 Å². The molecule has 7 nitrogen and oxygen atoms in total. The fourth-order valence-electron chi connectivity index (χ4n) is 2.83. The molecule has 0 heterocycles. The van der Waals surface area contributed by atoms with E-state index < -0.39 is 21.9 Å². The summed E-state index contributed by atoms with van der Waals surface area (Å²) in [5, 5.41) is 9.69. The summed E-state index contributed by atoms with van der Waals surface area (Å²) < 4.78 is 27.5. The molecule has 0 saturated heterocycles. The van der Waals surface area contributed by atoms with Gasteiger partial charge in [0.1, 0.15) is 0 Å². The Kier molecular flexibility index (Phi) is 6.26. The molecule has 1 amide bonds. The number of rotatable bonds is 7. The third kappa shape index (κ3) is 5.63. The molecule has 3 aromatic rings. The topological polar surface area (TPSA) is 116 Å². The fourth-order valence-corrected chi connectivity index (χ4v) is 3.35. The Labute approximate surface area is 168 Å². The highest BCUT2D eigenvalue weighted by atomic mass is 32.2. The first-order valence-electron chi connectivity index (χ1n) is 8.88. The van der Waals surface area contributed by atoms with E-state index >= 15 is 0 Å². The van der Waals surface area contributed by atoms with Crippen molar-refractivity contribution in [3.8, 4) is 0 Å². The minimum atomic E-state index is -3.74. The van der Waals surface area contributed by atoms with Gasteiger partial charge < -0.3 is 10.1 Å². The monoisotopic (exact) mass is 412 g/mol. The molecule has 0 aromatic heterocycles. The van der Waals surface area contributed by atoms with E-state index in [1.54, 1.807) is 18.2 Å². The van der Waals surface area contributed by atoms with E-state index in [4.69, 9.17) is 9.88 Å². The lowest BCUT2D eigenvalue weighted by Gasteiger charge is -2.09. The predicted octanol–water partition coefficient (Wildman–Crippen LogP) is 2.60. The SMILES string of the molecule is NS(=O)(=O)c1ccc(CCC(=O)OCC(=O)Nc2cccc3ccccc23)cc1. The third-order valence-electron chi connectivity index (χ3n) is 4.30. The molecule has 150 valence electrons. The van der Waals surface area contributed by atoms with E-state index in [0.717, 1.165) is 16.3 Å². The summed E-state index contributed by atoms with van der Waals surface area (Å²) in [5.74, 6) is -0.944. The van der Waals surface area contributed by atoms with Gasteiger partial charge in [0.15, 0.2) is 6.61 Å². The van der Waals surface area contributed by atoms with E-state index in [0.29, 0.717) is 12.1 Å². The largest absolute Gasteiger partial charge is 0.456 e. The van der Waals surface area contributed by atoms with Crippen LogP contribution in [0.5, 0.6) is 0 Å². The molecule has 0 spiro atoms. The molecule has 8 heteroatoms. The minimum absolute atomic E-state index is 0.00827. The molecule has 0 atom stereocenters. The molecule has 0 aliphatic carbocycles. The van der Waals surface area contributed by atoms with Gasteiger partial charge in [0.05, 0.1) is 4.90 Å². The molecule has 0 bridgehead atoms. The first kappa shape index (κ1) is 20.5. The highest BCUT2D eigenvalue weighted by molar-refractivity contribution is 7.89. The molecule has 0 fully saturated rings. The molecular weight excluding hydrogens is 392 g/mol. The van der Waals surface area contributed by atoms with Crippen LogP contribution in [0.4, 0.5) is 5.69 Å². The number of amides is 1. The number of nitrogens with one attached hydrogen (secondary N) is 1. The predicted molar refractivity (Wildman–Crippen MR) is 110 cm³/mol. The average molecular weight is 412 g/mol. The Hall–Kier alpha value is -3.23. The summed E-state index contributed by atoms with van der Waals surface area (Å²) in [6, 6.07) is 19.1. The summed E-state index contributed by atoms with van der Waals surface area (Å²) in [5.41, 5.74) is 1.41. The van der Waals surface area contributed by atoms with Crippen LogP contribution < -0.4 is 10.5 Å². The molecule has 0 unspecified atom stereocenters. The molecule has 3 N–H and O–H groups in total. The molecule has 3 aromatic carbocycles. The number of carbonyl (C=O) groups excluding carboxylic acids is 2. The quantitative estimate of drug-likeness (QED) is 0.579. The zero-order chi connectivity index (χ0) is 20.9. The van der Waals surface area contributed by atoms with Crippen LogP contribution in [0.2, 0.25) is 0 Å². The smallest absolute Gasteiger partial charge is 0.306 e. The second-order valence-corrected chi connectivity index (χ2v) is 7.99. The number of carbonyl (C=O) groups is 2. The first-order chi connectivity index (χ1) is 13.8. The van der Waals surface area contributed by atoms with Crippen LogP contribution in [0.1, 0.15) is 12.0 Å². The number of hydrogen-bond donors (Lipinski definition) is 2. The minimum Gasteiger partial charge on any atom is -0.456 e. The van der Waals surface area contributed by atoms with Gasteiger partial charge in [-0.1, -0.05) is 48.5 Å². The second-order valence-electron chi connectivity index (χ2n) is 6.42. The Morgan fingerprint density at radius 1 is 0.931 bits per heavy atom. The Morgan fingerprint density at radius 2 is 1.62 bits per heavy atom. The van der Waals surface area contributed by atoms with Gasteiger partial charge in [-0.2, -0.15) is 0 Å². The van der Waals surface area contributed by atoms with Gasteiger partial charge in [-0.15, -0.1) is 0 Å². The van der Waals surface area contributed by atoms with Gasteiger partial charge in [0.2, 0.25) is 10.0 Å². The van der Waals surface area contributed by atoms with Gasteiger partial charge in [0, 0.05) is 17.5 Å². The number of benzene rings is 3. The molecule has 0 saturated carbocycles. The number of ether oxygens (including phenoxy) is 1. The van der Waals surface area contributed by atoms with E-state index in [-0.39, 0.29) is 17.9 Å². The lowest BCUT2D eigenvalue weighted by molar-refractivity contribution is -0.147. The summed E-state index contributed by atoms with van der Waals surface area (Å²) >= 11 is 0. The number of aryl methyl sites for hydroxylation is 1. The maximum absolute atomic E-state index is 12.1. The maximum atomic E-state index is 12.1. The van der Waals surface area contributed by atoms with Gasteiger partial charge in [0.25, 0.3) is 5.91 Å². The van der Waals surface area contributed by atoms with Gasteiger partial charge in [-0.3, -0.25) is 9.59 Å². The molecule has 0 aliphatic heterocycles. The first-order valence-corrected chi connectivity index (χ1v) is 10.4. The van der Waals surface area contributed by atoms with Crippen molar-refractivity contribution in [1.29, 1.82) is 0 Å². The van der Waals surface area contributed by atoms with E-state index in [1.165, 1.54) is 12.1 Å². The summed E-state index contributed by atoms with van der Waals surface area (Å²) in [7, 11) is -3.74. The zero-order valence-electron chi connectivity index (χ0n) is 15.5. The van der Waals surface area contributed by atoms with Gasteiger partial charge in [-0.05, 0) is 35.6 Å². The molecular formula is C21H20N2O5S. The number of primary sulfonamides is 1. The Morgan fingerprint density at radius 3 is 2.34 bits per heavy atom. The van der Waals surface area contributed by atoms with E-state index in [2.05, 4.69) is 5.32 Å². The van der Waals surface area contributed by atoms with Crippen molar-refractivity contribution in [2.24, 2.45) is 5.14 Å². The van der Waals surface area contributed by atoms with Crippen molar-refractivity contribution >= 4 is 38.4 Å².